The van der Waals surface area contributed by atoms with Crippen molar-refractivity contribution in [2.45, 2.75) is 38.9 Å². The van der Waals surface area contributed by atoms with Gasteiger partial charge in [-0.1, -0.05) is 6.92 Å². The molecule has 1 amide bonds. The summed E-state index contributed by atoms with van der Waals surface area (Å²) in [6, 6.07) is 0. The quantitative estimate of drug-likeness (QED) is 0.746. The monoisotopic (exact) mass is 258 g/mol. The van der Waals surface area contributed by atoms with Gasteiger partial charge in [-0.25, -0.2) is 0 Å². The highest BCUT2D eigenvalue weighted by Crippen LogP contribution is 2.07. The van der Waals surface area contributed by atoms with Crippen LogP contribution in [0.4, 0.5) is 0 Å². The Balaban J connectivity index is 2.28. The first kappa shape index (κ1) is 15.4. The molecule has 1 heterocycles. The molecule has 2 atom stereocenters. The zero-order chi connectivity index (χ0) is 13.5. The standard InChI is InChI=1S/C13H26N2O3/c1-4-12(16)10-14-5-7-15(8-6-14)13(17)9-11(2)18-3/h11-12,16H,4-10H2,1-3H3. The van der Waals surface area contributed by atoms with Gasteiger partial charge in [0.1, 0.15) is 0 Å². The van der Waals surface area contributed by atoms with E-state index in [0.717, 1.165) is 32.6 Å². The van der Waals surface area contributed by atoms with E-state index in [1.54, 1.807) is 7.11 Å². The smallest absolute Gasteiger partial charge is 0.225 e. The maximum Gasteiger partial charge on any atom is 0.225 e. The van der Waals surface area contributed by atoms with E-state index >= 15 is 0 Å². The summed E-state index contributed by atoms with van der Waals surface area (Å²) in [5, 5.41) is 9.60. The number of aliphatic hydroxyl groups is 1. The predicted octanol–water partition coefficient (Wildman–Crippen LogP) is 0.327. The molecular formula is C13H26N2O3. The van der Waals surface area contributed by atoms with E-state index in [-0.39, 0.29) is 18.1 Å². The topological polar surface area (TPSA) is 53.0 Å². The number of hydrogen-bond acceptors (Lipinski definition) is 4. The normalized spacial score (nSPS) is 20.8. The molecule has 0 aromatic rings. The van der Waals surface area contributed by atoms with Gasteiger partial charge in [0.2, 0.25) is 5.91 Å². The summed E-state index contributed by atoms with van der Waals surface area (Å²) >= 11 is 0. The lowest BCUT2D eigenvalue weighted by Gasteiger charge is -2.35. The van der Waals surface area contributed by atoms with E-state index < -0.39 is 0 Å². The number of carbonyl (C=O) groups excluding carboxylic acids is 1. The van der Waals surface area contributed by atoms with Crippen LogP contribution in [-0.4, -0.2) is 72.9 Å². The predicted molar refractivity (Wildman–Crippen MR) is 70.4 cm³/mol. The first-order chi connectivity index (χ1) is 8.56. The summed E-state index contributed by atoms with van der Waals surface area (Å²) in [7, 11) is 1.63. The number of aliphatic hydroxyl groups excluding tert-OH is 1. The molecule has 1 rings (SSSR count). The third-order valence-corrected chi connectivity index (χ3v) is 3.53. The highest BCUT2D eigenvalue weighted by molar-refractivity contribution is 5.76. The lowest BCUT2D eigenvalue weighted by molar-refractivity contribution is -0.135. The second-order valence-electron chi connectivity index (χ2n) is 4.99. The van der Waals surface area contributed by atoms with Crippen molar-refractivity contribution < 1.29 is 14.6 Å². The minimum atomic E-state index is -0.249. The van der Waals surface area contributed by atoms with Gasteiger partial charge in [0.05, 0.1) is 18.6 Å². The number of ether oxygens (including phenoxy) is 1. The van der Waals surface area contributed by atoms with Crippen LogP contribution < -0.4 is 0 Å². The van der Waals surface area contributed by atoms with Gasteiger partial charge in [0, 0.05) is 39.8 Å². The Morgan fingerprint density at radius 3 is 2.44 bits per heavy atom. The van der Waals surface area contributed by atoms with Crippen LogP contribution >= 0.6 is 0 Å². The zero-order valence-electron chi connectivity index (χ0n) is 11.8. The molecule has 0 aliphatic carbocycles. The van der Waals surface area contributed by atoms with Crippen LogP contribution in [0.5, 0.6) is 0 Å². The third-order valence-electron chi connectivity index (χ3n) is 3.53. The second kappa shape index (κ2) is 7.71. The summed E-state index contributed by atoms with van der Waals surface area (Å²) < 4.78 is 5.11. The largest absolute Gasteiger partial charge is 0.392 e. The molecule has 0 saturated carbocycles. The molecule has 0 radical (unpaired) electrons. The van der Waals surface area contributed by atoms with Crippen molar-refractivity contribution in [3.05, 3.63) is 0 Å². The van der Waals surface area contributed by atoms with Gasteiger partial charge in [-0.2, -0.15) is 0 Å². The molecule has 2 unspecified atom stereocenters. The van der Waals surface area contributed by atoms with Crippen LogP contribution in [0.1, 0.15) is 26.7 Å². The number of carbonyl (C=O) groups is 1. The lowest BCUT2D eigenvalue weighted by atomic mass is 10.2. The fraction of sp³-hybridized carbons (Fsp3) is 0.923. The summed E-state index contributed by atoms with van der Waals surface area (Å²) in [6.07, 6.45) is 0.969. The molecule has 0 aromatic carbocycles. The first-order valence-corrected chi connectivity index (χ1v) is 6.77. The molecular weight excluding hydrogens is 232 g/mol. The fourth-order valence-corrected chi connectivity index (χ4v) is 2.07. The fourth-order valence-electron chi connectivity index (χ4n) is 2.07. The number of hydrogen-bond donors (Lipinski definition) is 1. The number of β-amino-alcohol motifs (C(OH)–C–C–N with tert-alkyl or cyclic N) is 1. The number of amides is 1. The molecule has 18 heavy (non-hydrogen) atoms. The molecule has 5 heteroatoms. The Bertz CT molecular complexity index is 253. The van der Waals surface area contributed by atoms with Gasteiger partial charge >= 0.3 is 0 Å². The molecule has 0 spiro atoms. The van der Waals surface area contributed by atoms with Crippen molar-refractivity contribution in [1.29, 1.82) is 0 Å². The van der Waals surface area contributed by atoms with Gasteiger partial charge in [-0.3, -0.25) is 9.69 Å². The Morgan fingerprint density at radius 1 is 1.33 bits per heavy atom. The molecule has 5 nitrogen and oxygen atoms in total. The highest BCUT2D eigenvalue weighted by Gasteiger charge is 2.22. The van der Waals surface area contributed by atoms with E-state index in [1.165, 1.54) is 0 Å². The Kier molecular flexibility index (Phi) is 6.60. The van der Waals surface area contributed by atoms with Crippen LogP contribution in [0.15, 0.2) is 0 Å². The van der Waals surface area contributed by atoms with E-state index in [9.17, 15) is 9.90 Å². The molecule has 1 fully saturated rings. The summed E-state index contributed by atoms with van der Waals surface area (Å²) in [4.78, 5) is 16.0. The van der Waals surface area contributed by atoms with Crippen molar-refractivity contribution in [2.75, 3.05) is 39.8 Å². The van der Waals surface area contributed by atoms with Crippen molar-refractivity contribution in [3.8, 4) is 0 Å². The first-order valence-electron chi connectivity index (χ1n) is 6.77. The Hall–Kier alpha value is -0.650. The van der Waals surface area contributed by atoms with Gasteiger partial charge in [-0.05, 0) is 13.3 Å². The van der Waals surface area contributed by atoms with Gasteiger partial charge in [0.15, 0.2) is 0 Å². The van der Waals surface area contributed by atoms with E-state index in [2.05, 4.69) is 4.90 Å². The molecule has 1 aliphatic heterocycles. The SMILES string of the molecule is CCC(O)CN1CCN(C(=O)CC(C)OC)CC1. The Labute approximate surface area is 110 Å². The molecule has 106 valence electrons. The summed E-state index contributed by atoms with van der Waals surface area (Å²) in [5.41, 5.74) is 0. The van der Waals surface area contributed by atoms with Crippen LogP contribution in [0, 0.1) is 0 Å². The van der Waals surface area contributed by atoms with Crippen LogP contribution in [0.3, 0.4) is 0 Å². The van der Waals surface area contributed by atoms with E-state index in [0.29, 0.717) is 13.0 Å². The molecule has 1 aliphatic rings. The maximum absolute atomic E-state index is 11.9. The van der Waals surface area contributed by atoms with E-state index in [1.807, 2.05) is 18.7 Å². The average molecular weight is 258 g/mol. The van der Waals surface area contributed by atoms with Crippen molar-refractivity contribution in [2.24, 2.45) is 0 Å². The molecule has 0 aromatic heterocycles. The molecule has 1 saturated heterocycles. The van der Waals surface area contributed by atoms with Crippen LogP contribution in [0.2, 0.25) is 0 Å². The Morgan fingerprint density at radius 2 is 1.94 bits per heavy atom. The van der Waals surface area contributed by atoms with Gasteiger partial charge < -0.3 is 14.7 Å². The highest BCUT2D eigenvalue weighted by atomic mass is 16.5. The van der Waals surface area contributed by atoms with Crippen LogP contribution in [-0.2, 0) is 9.53 Å². The summed E-state index contributed by atoms with van der Waals surface area (Å²) in [5.74, 6) is 0.167. The number of methoxy groups -OCH3 is 1. The second-order valence-corrected chi connectivity index (χ2v) is 4.99. The third kappa shape index (κ3) is 4.92. The lowest BCUT2D eigenvalue weighted by Crippen LogP contribution is -2.50. The van der Waals surface area contributed by atoms with Gasteiger partial charge in [0.25, 0.3) is 0 Å². The maximum atomic E-state index is 11.9. The minimum absolute atomic E-state index is 0.0163. The number of nitrogens with zero attached hydrogens (tertiary/aromatic N) is 2. The zero-order valence-corrected chi connectivity index (χ0v) is 11.8. The number of piperazine rings is 1. The van der Waals surface area contributed by atoms with Crippen LogP contribution in [0.25, 0.3) is 0 Å². The van der Waals surface area contributed by atoms with Crippen molar-refractivity contribution >= 4 is 5.91 Å². The molecule has 1 N–H and O–H groups in total. The van der Waals surface area contributed by atoms with Gasteiger partial charge in [-0.15, -0.1) is 0 Å². The summed E-state index contributed by atoms with van der Waals surface area (Å²) in [6.45, 7) is 7.82. The minimum Gasteiger partial charge on any atom is -0.392 e. The van der Waals surface area contributed by atoms with E-state index in [4.69, 9.17) is 4.74 Å². The average Bonchev–Trinajstić information content (AvgIpc) is 2.39. The van der Waals surface area contributed by atoms with Crippen molar-refractivity contribution in [1.82, 2.24) is 9.80 Å². The molecule has 0 bridgehead atoms. The van der Waals surface area contributed by atoms with Crippen molar-refractivity contribution in [3.63, 3.8) is 0 Å². The number of rotatable bonds is 6.